The molecular formula is C21H26N2O5. The zero-order valence-corrected chi connectivity index (χ0v) is 16.6. The molecule has 0 bridgehead atoms. The molecule has 150 valence electrons. The predicted octanol–water partition coefficient (Wildman–Crippen LogP) is 2.81. The van der Waals surface area contributed by atoms with Gasteiger partial charge < -0.3 is 24.0 Å². The van der Waals surface area contributed by atoms with Crippen LogP contribution in [0.4, 0.5) is 0 Å². The summed E-state index contributed by atoms with van der Waals surface area (Å²) in [5, 5.41) is 9.20. The number of benzene rings is 1. The Kier molecular flexibility index (Phi) is 5.74. The highest BCUT2D eigenvalue weighted by Gasteiger charge is 2.37. The molecule has 2 atom stereocenters. The Bertz CT molecular complexity index is 872. The van der Waals surface area contributed by atoms with Crippen molar-refractivity contribution >= 4 is 11.9 Å². The van der Waals surface area contributed by atoms with Crippen molar-refractivity contribution in [2.45, 2.75) is 38.8 Å². The molecular weight excluding hydrogens is 360 g/mol. The summed E-state index contributed by atoms with van der Waals surface area (Å²) in [7, 11) is 3.21. The van der Waals surface area contributed by atoms with Crippen LogP contribution in [0.1, 0.15) is 34.6 Å². The van der Waals surface area contributed by atoms with E-state index in [2.05, 4.69) is 0 Å². The summed E-state index contributed by atoms with van der Waals surface area (Å²) in [5.41, 5.74) is 3.28. The first-order valence-electron chi connectivity index (χ1n) is 9.24. The van der Waals surface area contributed by atoms with Gasteiger partial charge in [0.25, 0.3) is 5.91 Å². The minimum Gasteiger partial charge on any atom is -0.497 e. The average Bonchev–Trinajstić information content (AvgIpc) is 3.21. The zero-order valence-electron chi connectivity index (χ0n) is 16.6. The molecule has 0 saturated carbocycles. The summed E-state index contributed by atoms with van der Waals surface area (Å²) in [6.07, 6.45) is 0.313. The Morgan fingerprint density at radius 3 is 2.43 bits per heavy atom. The number of methoxy groups -OCH3 is 2. The molecule has 1 aliphatic heterocycles. The van der Waals surface area contributed by atoms with Gasteiger partial charge in [0.1, 0.15) is 5.75 Å². The van der Waals surface area contributed by atoms with E-state index >= 15 is 0 Å². The normalized spacial score (nSPS) is 19.1. The fourth-order valence-electron chi connectivity index (χ4n) is 3.95. The minimum atomic E-state index is -0.914. The van der Waals surface area contributed by atoms with Crippen LogP contribution in [0.5, 0.6) is 5.75 Å². The second kappa shape index (κ2) is 8.06. The molecule has 1 amide bonds. The highest BCUT2D eigenvalue weighted by atomic mass is 16.5. The molecule has 1 aromatic heterocycles. The molecule has 1 N–H and O–H groups in total. The van der Waals surface area contributed by atoms with Crippen molar-refractivity contribution in [2.75, 3.05) is 20.8 Å². The van der Waals surface area contributed by atoms with Crippen LogP contribution in [0.25, 0.3) is 5.69 Å². The van der Waals surface area contributed by atoms with E-state index in [0.717, 1.165) is 22.8 Å². The van der Waals surface area contributed by atoms with Crippen molar-refractivity contribution in [3.8, 4) is 11.4 Å². The fraction of sp³-hybridized carbons (Fsp3) is 0.429. The number of aliphatic carboxylic acids is 1. The Balaban J connectivity index is 1.92. The summed E-state index contributed by atoms with van der Waals surface area (Å²) >= 11 is 0. The van der Waals surface area contributed by atoms with Crippen LogP contribution in [0.3, 0.4) is 0 Å². The average molecular weight is 386 g/mol. The summed E-state index contributed by atoms with van der Waals surface area (Å²) in [6, 6.07) is 9.14. The predicted molar refractivity (Wildman–Crippen MR) is 104 cm³/mol. The van der Waals surface area contributed by atoms with Crippen molar-refractivity contribution < 1.29 is 24.2 Å². The zero-order chi connectivity index (χ0) is 20.4. The van der Waals surface area contributed by atoms with Gasteiger partial charge in [-0.1, -0.05) is 0 Å². The second-order valence-electron chi connectivity index (χ2n) is 7.12. The number of aryl methyl sites for hydroxylation is 1. The number of hydrogen-bond donors (Lipinski definition) is 1. The molecule has 1 fully saturated rings. The van der Waals surface area contributed by atoms with E-state index in [1.165, 1.54) is 0 Å². The maximum absolute atomic E-state index is 13.3. The molecule has 2 aromatic rings. The van der Waals surface area contributed by atoms with E-state index in [4.69, 9.17) is 9.47 Å². The third-order valence-electron chi connectivity index (χ3n) is 5.37. The quantitative estimate of drug-likeness (QED) is 0.826. The molecule has 0 aliphatic carbocycles. The van der Waals surface area contributed by atoms with Crippen LogP contribution in [0, 0.1) is 13.8 Å². The van der Waals surface area contributed by atoms with Gasteiger partial charge in [0.05, 0.1) is 25.2 Å². The van der Waals surface area contributed by atoms with Crippen LogP contribution < -0.4 is 4.74 Å². The van der Waals surface area contributed by atoms with E-state index in [1.807, 2.05) is 48.7 Å². The number of nitrogens with zero attached hydrogens (tertiary/aromatic N) is 2. The standard InChI is InChI=1S/C21H26N2O5/c1-13-9-19(14(2)23(13)15-5-7-17(27-3)8-6-15)21(26)22-12-18(28-4)10-16(22)11-20(24)25/h5-9,16,18H,10-12H2,1-4H3,(H,24,25). The van der Waals surface area contributed by atoms with Crippen LogP contribution in [-0.2, 0) is 9.53 Å². The largest absolute Gasteiger partial charge is 0.497 e. The first-order valence-corrected chi connectivity index (χ1v) is 9.24. The number of amides is 1. The maximum atomic E-state index is 13.3. The van der Waals surface area contributed by atoms with E-state index in [-0.39, 0.29) is 24.5 Å². The highest BCUT2D eigenvalue weighted by Crippen LogP contribution is 2.28. The summed E-state index contributed by atoms with van der Waals surface area (Å²) in [4.78, 5) is 26.1. The molecule has 1 aliphatic rings. The van der Waals surface area contributed by atoms with Crippen molar-refractivity contribution in [1.29, 1.82) is 0 Å². The van der Waals surface area contributed by atoms with Gasteiger partial charge in [-0.05, 0) is 50.6 Å². The van der Waals surface area contributed by atoms with Gasteiger partial charge in [0, 0.05) is 36.8 Å². The van der Waals surface area contributed by atoms with Gasteiger partial charge in [-0.2, -0.15) is 0 Å². The number of hydrogen-bond acceptors (Lipinski definition) is 4. The molecule has 0 radical (unpaired) electrons. The van der Waals surface area contributed by atoms with Crippen molar-refractivity contribution in [1.82, 2.24) is 9.47 Å². The Morgan fingerprint density at radius 2 is 1.86 bits per heavy atom. The lowest BCUT2D eigenvalue weighted by molar-refractivity contribution is -0.137. The molecule has 28 heavy (non-hydrogen) atoms. The number of carboxylic acids is 1. The minimum absolute atomic E-state index is 0.0805. The van der Waals surface area contributed by atoms with Gasteiger partial charge in [-0.15, -0.1) is 0 Å². The van der Waals surface area contributed by atoms with Gasteiger partial charge in [0.2, 0.25) is 0 Å². The molecule has 2 unspecified atom stereocenters. The molecule has 7 heteroatoms. The van der Waals surface area contributed by atoms with Crippen LogP contribution in [0.2, 0.25) is 0 Å². The first-order chi connectivity index (χ1) is 13.3. The van der Waals surface area contributed by atoms with Crippen molar-refractivity contribution in [2.24, 2.45) is 0 Å². The Hall–Kier alpha value is -2.80. The Labute approximate surface area is 164 Å². The number of ether oxygens (including phenoxy) is 2. The molecule has 0 spiro atoms. The first kappa shape index (κ1) is 19.9. The monoisotopic (exact) mass is 386 g/mol. The van der Waals surface area contributed by atoms with E-state index < -0.39 is 5.97 Å². The van der Waals surface area contributed by atoms with Gasteiger partial charge in [-0.25, -0.2) is 0 Å². The summed E-state index contributed by atoms with van der Waals surface area (Å²) in [5.74, 6) is -0.302. The number of rotatable bonds is 6. The van der Waals surface area contributed by atoms with Gasteiger partial charge in [-0.3, -0.25) is 9.59 Å². The van der Waals surface area contributed by atoms with Gasteiger partial charge in [0.15, 0.2) is 0 Å². The summed E-state index contributed by atoms with van der Waals surface area (Å²) < 4.78 is 12.6. The van der Waals surface area contributed by atoms with Gasteiger partial charge >= 0.3 is 5.97 Å². The lowest BCUT2D eigenvalue weighted by Gasteiger charge is -2.23. The van der Waals surface area contributed by atoms with E-state index in [0.29, 0.717) is 18.5 Å². The SMILES string of the molecule is COc1ccc(-n2c(C)cc(C(=O)N3CC(OC)CC3CC(=O)O)c2C)cc1. The third kappa shape index (κ3) is 3.75. The number of carbonyl (C=O) groups excluding carboxylic acids is 1. The van der Waals surface area contributed by atoms with Crippen molar-refractivity contribution in [3.63, 3.8) is 0 Å². The fourth-order valence-corrected chi connectivity index (χ4v) is 3.95. The van der Waals surface area contributed by atoms with E-state index in [9.17, 15) is 14.7 Å². The number of aromatic nitrogens is 1. The lowest BCUT2D eigenvalue weighted by atomic mass is 10.1. The number of likely N-dealkylation sites (tertiary alicyclic amines) is 1. The molecule has 1 aromatic carbocycles. The smallest absolute Gasteiger partial charge is 0.305 e. The van der Waals surface area contributed by atoms with Crippen LogP contribution in [0.15, 0.2) is 30.3 Å². The number of carbonyl (C=O) groups is 2. The van der Waals surface area contributed by atoms with Crippen LogP contribution >= 0.6 is 0 Å². The van der Waals surface area contributed by atoms with E-state index in [1.54, 1.807) is 19.1 Å². The summed E-state index contributed by atoms with van der Waals surface area (Å²) in [6.45, 7) is 4.25. The number of carboxylic acid groups (broad SMARTS) is 1. The highest BCUT2D eigenvalue weighted by molar-refractivity contribution is 5.96. The molecule has 7 nitrogen and oxygen atoms in total. The second-order valence-corrected chi connectivity index (χ2v) is 7.12. The molecule has 3 rings (SSSR count). The molecule has 1 saturated heterocycles. The lowest BCUT2D eigenvalue weighted by Crippen LogP contribution is -2.37. The maximum Gasteiger partial charge on any atom is 0.305 e. The van der Waals surface area contributed by atoms with Crippen LogP contribution in [-0.4, -0.2) is 59.4 Å². The molecule has 2 heterocycles. The topological polar surface area (TPSA) is 81.0 Å². The Morgan fingerprint density at radius 1 is 1.18 bits per heavy atom. The van der Waals surface area contributed by atoms with Crippen molar-refractivity contribution in [3.05, 3.63) is 47.3 Å². The third-order valence-corrected chi connectivity index (χ3v) is 5.37.